The van der Waals surface area contributed by atoms with Crippen molar-refractivity contribution < 1.29 is 9.50 Å². The molecule has 0 aromatic heterocycles. The fraction of sp³-hybridized carbons (Fsp3) is 0.400. The molecule has 14 heavy (non-hydrogen) atoms. The second kappa shape index (κ2) is 3.75. The lowest BCUT2D eigenvalue weighted by Gasteiger charge is -2.23. The molecule has 0 bridgehead atoms. The first-order chi connectivity index (χ1) is 6.38. The van der Waals surface area contributed by atoms with Crippen LogP contribution in [0.5, 0.6) is 0 Å². The van der Waals surface area contributed by atoms with Gasteiger partial charge in [0.15, 0.2) is 0 Å². The zero-order valence-electron chi connectivity index (χ0n) is 8.14. The molecule has 0 amide bonds. The Kier molecular flexibility index (Phi) is 3.02. The third kappa shape index (κ3) is 1.99. The van der Waals surface area contributed by atoms with E-state index in [0.717, 1.165) is 0 Å². The lowest BCUT2D eigenvalue weighted by Crippen LogP contribution is -2.21. The molecule has 1 rings (SSSR count). The second-order valence-electron chi connectivity index (χ2n) is 3.48. The van der Waals surface area contributed by atoms with Crippen LogP contribution >= 0.6 is 11.6 Å². The van der Waals surface area contributed by atoms with Gasteiger partial charge in [-0.15, -0.1) is 0 Å². The summed E-state index contributed by atoms with van der Waals surface area (Å²) in [6.07, 6.45) is 0.457. The third-order valence-electron chi connectivity index (χ3n) is 2.36. The van der Waals surface area contributed by atoms with Crippen LogP contribution < -0.4 is 5.73 Å². The molecule has 0 fully saturated rings. The molecule has 1 unspecified atom stereocenters. The number of anilines is 1. The summed E-state index contributed by atoms with van der Waals surface area (Å²) in [6, 6.07) is 2.50. The molecule has 1 aromatic rings. The Labute approximate surface area is 87.5 Å². The van der Waals surface area contributed by atoms with Gasteiger partial charge in [0.25, 0.3) is 0 Å². The lowest BCUT2D eigenvalue weighted by molar-refractivity contribution is 0.0535. The van der Waals surface area contributed by atoms with E-state index in [4.69, 9.17) is 17.3 Å². The summed E-state index contributed by atoms with van der Waals surface area (Å²) in [5, 5.41) is 9.87. The van der Waals surface area contributed by atoms with Crippen molar-refractivity contribution in [3.8, 4) is 0 Å². The van der Waals surface area contributed by atoms with Gasteiger partial charge in [-0.3, -0.25) is 0 Å². The summed E-state index contributed by atoms with van der Waals surface area (Å²) < 4.78 is 13.1. The molecule has 0 saturated carbocycles. The molecule has 0 aliphatic carbocycles. The van der Waals surface area contributed by atoms with Crippen molar-refractivity contribution >= 4 is 17.3 Å². The van der Waals surface area contributed by atoms with E-state index in [1.54, 1.807) is 13.8 Å². The van der Waals surface area contributed by atoms with Gasteiger partial charge in [0, 0.05) is 11.3 Å². The van der Waals surface area contributed by atoms with Crippen LogP contribution in [0.1, 0.15) is 25.8 Å². The summed E-state index contributed by atoms with van der Waals surface area (Å²) in [5.74, 6) is -0.565. The van der Waals surface area contributed by atoms with Crippen LogP contribution in [0.25, 0.3) is 0 Å². The molecule has 0 aliphatic heterocycles. The standard InChI is InChI=1S/C10H13ClFNO/c1-3-10(2,14)6-4-8(12)7(11)5-9(6)13/h4-5,14H,3,13H2,1-2H3. The molecule has 2 nitrogen and oxygen atoms in total. The lowest BCUT2D eigenvalue weighted by atomic mass is 9.92. The molecule has 0 heterocycles. The van der Waals surface area contributed by atoms with Crippen molar-refractivity contribution in [2.45, 2.75) is 25.9 Å². The van der Waals surface area contributed by atoms with E-state index in [9.17, 15) is 9.50 Å². The highest BCUT2D eigenvalue weighted by Gasteiger charge is 2.24. The van der Waals surface area contributed by atoms with Gasteiger partial charge in [0.1, 0.15) is 5.82 Å². The zero-order chi connectivity index (χ0) is 10.9. The van der Waals surface area contributed by atoms with Crippen LogP contribution in [0, 0.1) is 5.82 Å². The minimum Gasteiger partial charge on any atom is -0.398 e. The number of nitrogens with two attached hydrogens (primary N) is 1. The Morgan fingerprint density at radius 3 is 2.64 bits per heavy atom. The van der Waals surface area contributed by atoms with Crippen molar-refractivity contribution in [1.82, 2.24) is 0 Å². The smallest absolute Gasteiger partial charge is 0.142 e. The number of halogens is 2. The Hall–Kier alpha value is -0.800. The molecule has 1 aromatic carbocycles. The molecule has 4 heteroatoms. The predicted molar refractivity (Wildman–Crippen MR) is 55.7 cm³/mol. The van der Waals surface area contributed by atoms with Gasteiger partial charge in [-0.25, -0.2) is 4.39 Å². The van der Waals surface area contributed by atoms with Crippen LogP contribution in [0.3, 0.4) is 0 Å². The predicted octanol–water partition coefficient (Wildman–Crippen LogP) is 2.68. The molecule has 1 atom stereocenters. The minimum absolute atomic E-state index is 0.0295. The van der Waals surface area contributed by atoms with Gasteiger partial charge in [0.2, 0.25) is 0 Å². The highest BCUT2D eigenvalue weighted by atomic mass is 35.5. The second-order valence-corrected chi connectivity index (χ2v) is 3.89. The third-order valence-corrected chi connectivity index (χ3v) is 2.65. The van der Waals surface area contributed by atoms with Crippen LogP contribution in [0.15, 0.2) is 12.1 Å². The van der Waals surface area contributed by atoms with Crippen molar-refractivity contribution in [2.75, 3.05) is 5.73 Å². The zero-order valence-corrected chi connectivity index (χ0v) is 8.90. The van der Waals surface area contributed by atoms with E-state index in [1.807, 2.05) is 0 Å². The van der Waals surface area contributed by atoms with Crippen molar-refractivity contribution in [3.63, 3.8) is 0 Å². The summed E-state index contributed by atoms with van der Waals surface area (Å²) in [4.78, 5) is 0. The van der Waals surface area contributed by atoms with Crippen molar-refractivity contribution in [1.29, 1.82) is 0 Å². The van der Waals surface area contributed by atoms with Gasteiger partial charge in [0.05, 0.1) is 10.6 Å². The largest absolute Gasteiger partial charge is 0.398 e. The minimum atomic E-state index is -1.12. The van der Waals surface area contributed by atoms with Crippen molar-refractivity contribution in [2.24, 2.45) is 0 Å². The molecular formula is C10H13ClFNO. The van der Waals surface area contributed by atoms with Gasteiger partial charge < -0.3 is 10.8 Å². The van der Waals surface area contributed by atoms with Crippen molar-refractivity contribution in [3.05, 3.63) is 28.5 Å². The van der Waals surface area contributed by atoms with E-state index in [1.165, 1.54) is 12.1 Å². The molecule has 0 radical (unpaired) electrons. The van der Waals surface area contributed by atoms with E-state index < -0.39 is 11.4 Å². The number of nitrogen functional groups attached to an aromatic ring is 1. The monoisotopic (exact) mass is 217 g/mol. The maximum atomic E-state index is 13.1. The van der Waals surface area contributed by atoms with Gasteiger partial charge in [-0.1, -0.05) is 18.5 Å². The quantitative estimate of drug-likeness (QED) is 0.749. The first-order valence-electron chi connectivity index (χ1n) is 4.36. The average Bonchev–Trinajstić information content (AvgIpc) is 2.11. The molecular weight excluding hydrogens is 205 g/mol. The van der Waals surface area contributed by atoms with Gasteiger partial charge in [-0.2, -0.15) is 0 Å². The Morgan fingerprint density at radius 2 is 2.14 bits per heavy atom. The fourth-order valence-corrected chi connectivity index (χ4v) is 1.39. The summed E-state index contributed by atoms with van der Waals surface area (Å²) >= 11 is 5.54. The molecule has 3 N–H and O–H groups in total. The van der Waals surface area contributed by atoms with E-state index in [0.29, 0.717) is 17.7 Å². The maximum absolute atomic E-state index is 13.1. The first-order valence-corrected chi connectivity index (χ1v) is 4.73. The summed E-state index contributed by atoms with van der Waals surface area (Å²) in [6.45, 7) is 3.39. The maximum Gasteiger partial charge on any atom is 0.142 e. The summed E-state index contributed by atoms with van der Waals surface area (Å²) in [7, 11) is 0. The van der Waals surface area contributed by atoms with E-state index >= 15 is 0 Å². The van der Waals surface area contributed by atoms with Crippen LogP contribution in [0.2, 0.25) is 5.02 Å². The Bertz CT molecular complexity index is 352. The highest BCUT2D eigenvalue weighted by Crippen LogP contribution is 2.32. The SMILES string of the molecule is CCC(C)(O)c1cc(F)c(Cl)cc1N. The molecule has 78 valence electrons. The number of benzene rings is 1. The van der Waals surface area contributed by atoms with Crippen LogP contribution in [-0.4, -0.2) is 5.11 Å². The number of rotatable bonds is 2. The Balaban J connectivity index is 3.29. The number of aliphatic hydroxyl groups is 1. The average molecular weight is 218 g/mol. The Morgan fingerprint density at radius 1 is 1.57 bits per heavy atom. The van der Waals surface area contributed by atoms with Gasteiger partial charge in [-0.05, 0) is 25.5 Å². The number of hydrogen-bond acceptors (Lipinski definition) is 2. The van der Waals surface area contributed by atoms with E-state index in [2.05, 4.69) is 0 Å². The topological polar surface area (TPSA) is 46.2 Å². The normalized spacial score (nSPS) is 15.2. The van der Waals surface area contributed by atoms with Gasteiger partial charge >= 0.3 is 0 Å². The highest BCUT2D eigenvalue weighted by molar-refractivity contribution is 6.31. The molecule has 0 aliphatic rings. The van der Waals surface area contributed by atoms with Crippen LogP contribution in [-0.2, 0) is 5.60 Å². The van der Waals surface area contributed by atoms with Crippen LogP contribution in [0.4, 0.5) is 10.1 Å². The molecule has 0 saturated heterocycles. The number of hydrogen-bond donors (Lipinski definition) is 2. The fourth-order valence-electron chi connectivity index (χ4n) is 1.22. The summed E-state index contributed by atoms with van der Waals surface area (Å²) in [5.41, 5.74) is 5.21. The molecule has 0 spiro atoms. The first kappa shape index (κ1) is 11.3. The van der Waals surface area contributed by atoms with E-state index in [-0.39, 0.29) is 5.02 Å².